The Bertz CT molecular complexity index is 614. The van der Waals surface area contributed by atoms with Gasteiger partial charge in [-0.25, -0.2) is 4.39 Å². The van der Waals surface area contributed by atoms with Crippen molar-refractivity contribution in [2.75, 3.05) is 6.61 Å². The molecule has 102 valence electrons. The smallest absolute Gasteiger partial charge is 0.132 e. The monoisotopic (exact) mass is 269 g/mol. The van der Waals surface area contributed by atoms with E-state index in [1.165, 1.54) is 6.07 Å². The summed E-state index contributed by atoms with van der Waals surface area (Å²) in [5.74, 6) is 0.403. The third-order valence-electron chi connectivity index (χ3n) is 3.03. The van der Waals surface area contributed by atoms with Crippen LogP contribution in [0.15, 0.2) is 42.5 Å². The highest BCUT2D eigenvalue weighted by molar-refractivity contribution is 5.65. The number of ether oxygens (including phenoxy) is 1. The van der Waals surface area contributed by atoms with Gasteiger partial charge in [-0.05, 0) is 36.2 Å². The largest absolute Gasteiger partial charge is 0.494 e. The summed E-state index contributed by atoms with van der Waals surface area (Å²) in [5.41, 5.74) is 1.59. The Kier molecular flexibility index (Phi) is 4.73. The van der Waals surface area contributed by atoms with E-state index in [-0.39, 0.29) is 5.82 Å². The van der Waals surface area contributed by atoms with Crippen LogP contribution in [-0.2, 0) is 0 Å². The molecule has 0 bridgehead atoms. The number of halogens is 1. The molecule has 2 aromatic carbocycles. The Labute approximate surface area is 118 Å². The average Bonchev–Trinajstić information content (AvgIpc) is 2.48. The van der Waals surface area contributed by atoms with E-state index in [1.54, 1.807) is 12.1 Å². The molecule has 0 aromatic heterocycles. The van der Waals surface area contributed by atoms with Crippen LogP contribution in [0.2, 0.25) is 0 Å². The topological polar surface area (TPSA) is 33.0 Å². The lowest BCUT2D eigenvalue weighted by Crippen LogP contribution is -1.96. The second-order valence-electron chi connectivity index (χ2n) is 4.53. The Morgan fingerprint density at radius 2 is 1.90 bits per heavy atom. The number of unbranched alkanes of at least 4 members (excludes halogenated alkanes) is 1. The van der Waals surface area contributed by atoms with Crippen molar-refractivity contribution in [3.05, 3.63) is 53.8 Å². The molecule has 2 rings (SSSR count). The van der Waals surface area contributed by atoms with E-state index in [9.17, 15) is 4.39 Å². The van der Waals surface area contributed by atoms with Crippen molar-refractivity contribution in [2.24, 2.45) is 0 Å². The van der Waals surface area contributed by atoms with Gasteiger partial charge in [-0.2, -0.15) is 5.26 Å². The van der Waals surface area contributed by atoms with E-state index in [2.05, 4.69) is 6.92 Å². The lowest BCUT2D eigenvalue weighted by molar-refractivity contribution is 0.309. The maximum atomic E-state index is 13.9. The molecule has 3 heteroatoms. The van der Waals surface area contributed by atoms with E-state index in [0.29, 0.717) is 17.7 Å². The highest BCUT2D eigenvalue weighted by atomic mass is 19.1. The summed E-state index contributed by atoms with van der Waals surface area (Å²) in [4.78, 5) is 0. The summed E-state index contributed by atoms with van der Waals surface area (Å²) in [6, 6.07) is 13.7. The third-order valence-corrected chi connectivity index (χ3v) is 3.03. The number of nitrogens with zero attached hydrogens (tertiary/aromatic N) is 1. The highest BCUT2D eigenvalue weighted by Crippen LogP contribution is 2.25. The van der Waals surface area contributed by atoms with Gasteiger partial charge < -0.3 is 4.74 Å². The average molecular weight is 269 g/mol. The number of hydrogen-bond donors (Lipinski definition) is 0. The zero-order valence-corrected chi connectivity index (χ0v) is 11.4. The van der Waals surface area contributed by atoms with Crippen LogP contribution in [0, 0.1) is 17.1 Å². The molecular formula is C17H16FNO. The van der Waals surface area contributed by atoms with Gasteiger partial charge in [0.15, 0.2) is 0 Å². The Morgan fingerprint density at radius 1 is 1.15 bits per heavy atom. The molecule has 2 aromatic rings. The minimum atomic E-state index is -0.385. The van der Waals surface area contributed by atoms with Gasteiger partial charge in [0.25, 0.3) is 0 Å². The zero-order chi connectivity index (χ0) is 14.4. The molecule has 0 saturated heterocycles. The van der Waals surface area contributed by atoms with Crippen LogP contribution < -0.4 is 4.74 Å². The van der Waals surface area contributed by atoms with Crippen LogP contribution in [0.5, 0.6) is 5.75 Å². The maximum absolute atomic E-state index is 13.9. The summed E-state index contributed by atoms with van der Waals surface area (Å²) in [7, 11) is 0. The van der Waals surface area contributed by atoms with Gasteiger partial charge in [0.2, 0.25) is 0 Å². The lowest BCUT2D eigenvalue weighted by Gasteiger charge is -2.07. The van der Waals surface area contributed by atoms with Crippen molar-refractivity contribution in [2.45, 2.75) is 19.8 Å². The van der Waals surface area contributed by atoms with Crippen LogP contribution in [0.3, 0.4) is 0 Å². The van der Waals surface area contributed by atoms with Crippen LogP contribution in [-0.4, -0.2) is 6.61 Å². The summed E-state index contributed by atoms with van der Waals surface area (Å²) in [5, 5.41) is 8.73. The van der Waals surface area contributed by atoms with Gasteiger partial charge in [-0.3, -0.25) is 0 Å². The van der Waals surface area contributed by atoms with Crippen molar-refractivity contribution in [1.82, 2.24) is 0 Å². The summed E-state index contributed by atoms with van der Waals surface area (Å²) < 4.78 is 19.5. The molecule has 0 atom stereocenters. The molecule has 0 radical (unpaired) electrons. The van der Waals surface area contributed by atoms with E-state index in [1.807, 2.05) is 30.3 Å². The molecule has 0 fully saturated rings. The maximum Gasteiger partial charge on any atom is 0.132 e. The summed E-state index contributed by atoms with van der Waals surface area (Å²) >= 11 is 0. The van der Waals surface area contributed by atoms with E-state index in [0.717, 1.165) is 24.2 Å². The van der Waals surface area contributed by atoms with Gasteiger partial charge in [0.05, 0.1) is 18.2 Å². The highest BCUT2D eigenvalue weighted by Gasteiger charge is 2.06. The number of benzene rings is 2. The first kappa shape index (κ1) is 14.1. The van der Waals surface area contributed by atoms with Crippen molar-refractivity contribution in [3.8, 4) is 22.9 Å². The van der Waals surface area contributed by atoms with Gasteiger partial charge in [-0.1, -0.05) is 31.5 Å². The first-order valence-corrected chi connectivity index (χ1v) is 6.67. The standard InChI is InChI=1S/C17H16FNO/c1-2-3-10-20-15-7-5-14(6-8-15)16-9-4-13(12-19)11-17(16)18/h4-9,11H,2-3,10H2,1H3. The van der Waals surface area contributed by atoms with Crippen LogP contribution in [0.25, 0.3) is 11.1 Å². The normalized spacial score (nSPS) is 10.1. The third kappa shape index (κ3) is 3.36. The van der Waals surface area contributed by atoms with E-state index < -0.39 is 0 Å². The minimum Gasteiger partial charge on any atom is -0.494 e. The molecule has 0 saturated carbocycles. The molecule has 0 amide bonds. The van der Waals surface area contributed by atoms with Crippen molar-refractivity contribution in [1.29, 1.82) is 5.26 Å². The number of rotatable bonds is 5. The predicted octanol–water partition coefficient (Wildman–Crippen LogP) is 4.54. The minimum absolute atomic E-state index is 0.325. The second kappa shape index (κ2) is 6.72. The van der Waals surface area contributed by atoms with Crippen LogP contribution in [0.1, 0.15) is 25.3 Å². The molecule has 0 unspecified atom stereocenters. The fourth-order valence-corrected chi connectivity index (χ4v) is 1.88. The van der Waals surface area contributed by atoms with Gasteiger partial charge in [0, 0.05) is 5.56 Å². The second-order valence-corrected chi connectivity index (χ2v) is 4.53. The summed E-state index contributed by atoms with van der Waals surface area (Å²) in [6.45, 7) is 2.81. The molecule has 0 aliphatic heterocycles. The Hall–Kier alpha value is -2.34. The van der Waals surface area contributed by atoms with E-state index in [4.69, 9.17) is 10.00 Å². The molecule has 0 aliphatic carbocycles. The molecule has 20 heavy (non-hydrogen) atoms. The fraction of sp³-hybridized carbons (Fsp3) is 0.235. The van der Waals surface area contributed by atoms with Gasteiger partial charge >= 0.3 is 0 Å². The molecular weight excluding hydrogens is 253 g/mol. The quantitative estimate of drug-likeness (QED) is 0.746. The Balaban J connectivity index is 2.16. The summed E-state index contributed by atoms with van der Waals surface area (Å²) in [6.07, 6.45) is 2.11. The van der Waals surface area contributed by atoms with Crippen LogP contribution in [0.4, 0.5) is 4.39 Å². The molecule has 2 nitrogen and oxygen atoms in total. The van der Waals surface area contributed by atoms with E-state index >= 15 is 0 Å². The molecule has 0 aliphatic rings. The lowest BCUT2D eigenvalue weighted by atomic mass is 10.0. The van der Waals surface area contributed by atoms with Crippen molar-refractivity contribution >= 4 is 0 Å². The SMILES string of the molecule is CCCCOc1ccc(-c2ccc(C#N)cc2F)cc1. The Morgan fingerprint density at radius 3 is 2.50 bits per heavy atom. The molecule has 0 N–H and O–H groups in total. The zero-order valence-electron chi connectivity index (χ0n) is 11.4. The van der Waals surface area contributed by atoms with Gasteiger partial charge in [0.1, 0.15) is 11.6 Å². The number of hydrogen-bond acceptors (Lipinski definition) is 2. The van der Waals surface area contributed by atoms with Gasteiger partial charge in [-0.15, -0.1) is 0 Å². The first-order valence-electron chi connectivity index (χ1n) is 6.67. The predicted molar refractivity (Wildman–Crippen MR) is 77.0 cm³/mol. The first-order chi connectivity index (χ1) is 9.74. The van der Waals surface area contributed by atoms with Crippen molar-refractivity contribution in [3.63, 3.8) is 0 Å². The molecule has 0 heterocycles. The van der Waals surface area contributed by atoms with Crippen molar-refractivity contribution < 1.29 is 9.13 Å². The fourth-order valence-electron chi connectivity index (χ4n) is 1.88. The van der Waals surface area contributed by atoms with Crippen LogP contribution >= 0.6 is 0 Å². The number of nitriles is 1. The molecule has 0 spiro atoms.